The van der Waals surface area contributed by atoms with E-state index in [2.05, 4.69) is 59.5 Å². The van der Waals surface area contributed by atoms with Crippen molar-refractivity contribution in [1.29, 1.82) is 0 Å². The molecular formula is C82H103Cl5N8O17. The number of alkyl halides is 5. The first-order valence-corrected chi connectivity index (χ1v) is 38.4. The van der Waals surface area contributed by atoms with Crippen molar-refractivity contribution in [2.75, 3.05) is 99.6 Å². The summed E-state index contributed by atoms with van der Waals surface area (Å²) in [6.45, 7) is 11.0. The van der Waals surface area contributed by atoms with E-state index in [0.29, 0.717) is 73.4 Å². The molecular weight excluding hydrogens is 1550 g/mol. The van der Waals surface area contributed by atoms with Crippen molar-refractivity contribution in [3.63, 3.8) is 0 Å². The quantitative estimate of drug-likeness (QED) is 0.00459. The molecule has 25 nitrogen and oxygen atoms in total. The van der Waals surface area contributed by atoms with Gasteiger partial charge in [-0.1, -0.05) is 115 Å². The Morgan fingerprint density at radius 2 is 0.732 bits per heavy atom. The molecule has 7 aromatic carbocycles. The van der Waals surface area contributed by atoms with E-state index in [1.165, 1.54) is 40.6 Å². The van der Waals surface area contributed by atoms with E-state index in [1.54, 1.807) is 6.07 Å². The number of hydrogen-bond donors (Lipinski definition) is 5. The lowest BCUT2D eigenvalue weighted by Gasteiger charge is -2.25. The number of non-ortho nitro benzene ring substituents is 1. The second kappa shape index (κ2) is 55.5. The van der Waals surface area contributed by atoms with Crippen LogP contribution in [0.1, 0.15) is 86.9 Å². The first-order chi connectivity index (χ1) is 53.7. The van der Waals surface area contributed by atoms with Gasteiger partial charge in [-0.3, -0.25) is 29.3 Å². The molecule has 0 radical (unpaired) electrons. The van der Waals surface area contributed by atoms with Crippen LogP contribution in [-0.4, -0.2) is 162 Å². The molecule has 0 aliphatic rings. The van der Waals surface area contributed by atoms with Crippen LogP contribution in [0.15, 0.2) is 164 Å². The van der Waals surface area contributed by atoms with Crippen LogP contribution in [-0.2, 0) is 103 Å². The summed E-state index contributed by atoms with van der Waals surface area (Å²) in [4.78, 5) is 107. The fraction of sp³-hybridized carbons (Fsp3) is 0.390. The number of nitro benzene ring substituents is 1. The van der Waals surface area contributed by atoms with Crippen LogP contribution in [0.5, 0.6) is 0 Å². The number of nitro groups is 1. The number of hydrogen-bond acceptors (Lipinski definition) is 21. The van der Waals surface area contributed by atoms with E-state index in [9.17, 15) is 43.7 Å². The number of methoxy groups -OCH3 is 4. The van der Waals surface area contributed by atoms with E-state index < -0.39 is 59.2 Å². The van der Waals surface area contributed by atoms with E-state index in [-0.39, 0.29) is 75.5 Å². The lowest BCUT2D eigenvalue weighted by Crippen LogP contribution is -2.38. The smallest absolute Gasteiger partial charge is 0.407 e. The van der Waals surface area contributed by atoms with Crippen LogP contribution in [0.25, 0.3) is 0 Å². The lowest BCUT2D eigenvalue weighted by molar-refractivity contribution is -0.384. The van der Waals surface area contributed by atoms with Crippen LogP contribution in [0.3, 0.4) is 0 Å². The molecule has 112 heavy (non-hydrogen) atoms. The molecule has 0 bridgehead atoms. The largest absolute Gasteiger partial charge is 0.469 e. The molecule has 608 valence electrons. The van der Waals surface area contributed by atoms with Gasteiger partial charge >= 0.3 is 42.2 Å². The number of anilines is 3. The van der Waals surface area contributed by atoms with E-state index in [1.807, 2.05) is 149 Å². The number of esters is 4. The number of nitrogen functional groups attached to an aromatic ring is 1. The van der Waals surface area contributed by atoms with Gasteiger partial charge < -0.3 is 75.2 Å². The van der Waals surface area contributed by atoms with Gasteiger partial charge in [-0.25, -0.2) is 14.4 Å². The third-order valence-corrected chi connectivity index (χ3v) is 17.7. The Balaban J connectivity index is 0.000000383. The third kappa shape index (κ3) is 39.3. The molecule has 30 heteroatoms. The summed E-state index contributed by atoms with van der Waals surface area (Å²) in [5.74, 6) is 0.575. The molecule has 0 fully saturated rings. The molecule has 0 heterocycles. The standard InChI is InChI=1S/C24H30Cl2N2O4.C20H22N2O6.C20H24N2O4.C16H24Cl2N2O2.C2H3ClO/c1-18-8-9-22(28(12-10-25)13-11-26)15-20(18)14-21(16-23(29)31-2)27-24(30)32-17-19-6-4-3-5-7-19;1-14-8-9-18(22(25)26)11-16(14)10-17(12-19(23)27-2)21-20(24)28-13-15-6-4-3-5-7-15;1-14-8-9-17(21)10-16(14)11-18(12-19(23)25-2)22-20(24)26-13-15-6-4-3-5-7-15;1-12-3-4-15(20(7-5-17)8-6-18)10-13(12)9-14(19)11-16(21)22-2;3-1-2-4/h3-9,15,21H,10-14,16-17H2,1-2H3,(H,27,30);3-9,11,17H,10,12-13H2,1-2H3,(H,21,24);3-10,18H,11-13,21H2,1-2H3,(H,22,24);3-4,10,14H,5-9,11,19H2,1-2H3;2H,1H2. The van der Waals surface area contributed by atoms with Crippen LogP contribution in [0.4, 0.5) is 37.1 Å². The normalized spacial score (nSPS) is 11.4. The minimum absolute atomic E-state index is 0.0354. The predicted octanol–water partition coefficient (Wildman–Crippen LogP) is 14.1. The summed E-state index contributed by atoms with van der Waals surface area (Å²) in [6.07, 6.45) is 0.768. The molecule has 7 N–H and O–H groups in total. The number of alkyl carbamates (subject to hydrolysis) is 3. The van der Waals surface area contributed by atoms with E-state index in [0.717, 1.165) is 80.1 Å². The summed E-state index contributed by atoms with van der Waals surface area (Å²) in [5, 5.41) is 19.2. The topological polar surface area (TPSA) is 339 Å². The maximum absolute atomic E-state index is 12.4. The first-order valence-electron chi connectivity index (χ1n) is 35.7. The number of carbonyl (C=O) groups is 8. The summed E-state index contributed by atoms with van der Waals surface area (Å²) in [7, 11) is 5.27. The Morgan fingerprint density at radius 1 is 0.438 bits per heavy atom. The minimum Gasteiger partial charge on any atom is -0.469 e. The van der Waals surface area contributed by atoms with Crippen LogP contribution < -0.4 is 37.2 Å². The first kappa shape index (κ1) is 96.3. The zero-order chi connectivity index (χ0) is 82.8. The average molecular weight is 1650 g/mol. The maximum Gasteiger partial charge on any atom is 0.407 e. The highest BCUT2D eigenvalue weighted by atomic mass is 35.5. The third-order valence-electron chi connectivity index (χ3n) is 16.9. The molecule has 0 aliphatic heterocycles. The number of nitrogens with two attached hydrogens (primary N) is 2. The molecule has 0 spiro atoms. The van der Waals surface area contributed by atoms with Crippen LogP contribution in [0, 0.1) is 37.8 Å². The highest BCUT2D eigenvalue weighted by Gasteiger charge is 2.24. The summed E-state index contributed by atoms with van der Waals surface area (Å²) < 4.78 is 34.6. The number of amides is 3. The number of halogens is 5. The van der Waals surface area contributed by atoms with Gasteiger partial charge in [-0.15, -0.1) is 58.0 Å². The molecule has 4 unspecified atom stereocenters. The number of aldehydes is 1. The van der Waals surface area contributed by atoms with Gasteiger partial charge in [0.15, 0.2) is 0 Å². The van der Waals surface area contributed by atoms with Gasteiger partial charge in [0.05, 0.1) is 64.9 Å². The second-order valence-electron chi connectivity index (χ2n) is 25.2. The van der Waals surface area contributed by atoms with E-state index >= 15 is 0 Å². The van der Waals surface area contributed by atoms with Crippen molar-refractivity contribution in [2.45, 2.75) is 123 Å². The van der Waals surface area contributed by atoms with Gasteiger partial charge in [0, 0.05) is 103 Å². The van der Waals surface area contributed by atoms with Crippen molar-refractivity contribution in [1.82, 2.24) is 16.0 Å². The predicted molar refractivity (Wildman–Crippen MR) is 440 cm³/mol. The van der Waals surface area contributed by atoms with Gasteiger partial charge in [-0.05, 0) is 151 Å². The number of nitrogens with zero attached hydrogens (tertiary/aromatic N) is 3. The molecule has 0 saturated carbocycles. The van der Waals surface area contributed by atoms with E-state index in [4.69, 9.17) is 98.0 Å². The summed E-state index contributed by atoms with van der Waals surface area (Å²) in [5.41, 5.74) is 25.0. The molecule has 0 saturated heterocycles. The molecule has 4 atom stereocenters. The average Bonchev–Trinajstić information content (AvgIpc) is 0.882. The summed E-state index contributed by atoms with van der Waals surface area (Å²) in [6, 6.07) is 48.5. The monoisotopic (exact) mass is 1650 g/mol. The van der Waals surface area contributed by atoms with Crippen LogP contribution >= 0.6 is 58.0 Å². The Hall–Kier alpha value is -9.89. The molecule has 7 aromatic rings. The Morgan fingerprint density at radius 3 is 1.04 bits per heavy atom. The SMILES string of the molecule is COC(=O)CC(Cc1cc(N(CCCl)CCCl)ccc1C)NC(=O)OCc1ccccc1.COC(=O)CC(Cc1cc(N)ccc1C)NC(=O)OCc1ccccc1.COC(=O)CC(Cc1cc([N+](=O)[O-])ccc1C)NC(=O)OCc1ccccc1.COC(=O)CC(N)Cc1cc(N(CCCl)CCCl)ccc1C.O=CCCl. The zero-order valence-electron chi connectivity index (χ0n) is 64.4. The van der Waals surface area contributed by atoms with Gasteiger partial charge in [0.2, 0.25) is 0 Å². The molecule has 7 rings (SSSR count). The maximum atomic E-state index is 12.4. The number of nitrogens with one attached hydrogen (secondary N) is 3. The number of ether oxygens (including phenoxy) is 7. The number of aryl methyl sites for hydroxylation is 4. The fourth-order valence-electron chi connectivity index (χ4n) is 10.8. The molecule has 0 aromatic heterocycles. The number of carbonyl (C=O) groups excluding carboxylic acids is 8. The minimum atomic E-state index is -0.680. The second-order valence-corrected chi connectivity index (χ2v) is 27.1. The Kier molecular flexibility index (Phi) is 47.7. The van der Waals surface area contributed by atoms with Crippen molar-refractivity contribution in [2.24, 2.45) is 5.73 Å². The number of rotatable bonds is 37. The highest BCUT2D eigenvalue weighted by Crippen LogP contribution is 2.25. The van der Waals surface area contributed by atoms with Crippen molar-refractivity contribution < 1.29 is 76.4 Å². The van der Waals surface area contributed by atoms with Gasteiger partial charge in [0.1, 0.15) is 26.1 Å². The summed E-state index contributed by atoms with van der Waals surface area (Å²) >= 11 is 28.4. The van der Waals surface area contributed by atoms with Crippen molar-refractivity contribution >= 4 is 129 Å². The molecule has 3 amide bonds. The van der Waals surface area contributed by atoms with Crippen molar-refractivity contribution in [3.05, 3.63) is 235 Å². The molecule has 0 aliphatic carbocycles. The Labute approximate surface area is 681 Å². The van der Waals surface area contributed by atoms with Crippen LogP contribution in [0.2, 0.25) is 0 Å². The fourth-order valence-corrected chi connectivity index (χ4v) is 11.6. The number of benzene rings is 7. The Bertz CT molecular complexity index is 4000. The lowest BCUT2D eigenvalue weighted by atomic mass is 9.98. The van der Waals surface area contributed by atoms with Crippen molar-refractivity contribution in [3.8, 4) is 0 Å². The van der Waals surface area contributed by atoms with Gasteiger partial charge in [-0.2, -0.15) is 0 Å². The van der Waals surface area contributed by atoms with Gasteiger partial charge in [0.25, 0.3) is 5.69 Å². The zero-order valence-corrected chi connectivity index (χ0v) is 68.2. The highest BCUT2D eigenvalue weighted by molar-refractivity contribution is 6.24.